The van der Waals surface area contributed by atoms with Crippen LogP contribution in [0.2, 0.25) is 0 Å². The minimum Gasteiger partial charge on any atom is -0.469 e. The molecule has 0 aromatic heterocycles. The number of nitrogens with two attached hydrogens (primary N) is 1. The molecule has 0 aliphatic heterocycles. The van der Waals surface area contributed by atoms with Crippen LogP contribution in [0.25, 0.3) is 0 Å². The Morgan fingerprint density at radius 3 is 2.46 bits per heavy atom. The van der Waals surface area contributed by atoms with Gasteiger partial charge < -0.3 is 10.5 Å². The first kappa shape index (κ1) is 10.8. The summed E-state index contributed by atoms with van der Waals surface area (Å²) in [6, 6.07) is 0.0659. The summed E-state index contributed by atoms with van der Waals surface area (Å²) in [5.41, 5.74) is 5.94. The Kier molecular flexibility index (Phi) is 3.19. The Bertz CT molecular complexity index is 208. The molecule has 2 N–H and O–H groups in total. The summed E-state index contributed by atoms with van der Waals surface area (Å²) < 4.78 is 4.74. The van der Waals surface area contributed by atoms with E-state index < -0.39 is 0 Å². The van der Waals surface area contributed by atoms with Gasteiger partial charge in [0.2, 0.25) is 0 Å². The van der Waals surface area contributed by atoms with Crippen molar-refractivity contribution in [3.8, 4) is 0 Å². The second kappa shape index (κ2) is 3.84. The van der Waals surface area contributed by atoms with Crippen LogP contribution < -0.4 is 5.73 Å². The Balaban J connectivity index is 0.000000845. The van der Waals surface area contributed by atoms with Crippen molar-refractivity contribution >= 4 is 18.4 Å². The third kappa shape index (κ3) is 1.55. The Morgan fingerprint density at radius 1 is 1.38 bits per heavy atom. The van der Waals surface area contributed by atoms with Crippen molar-refractivity contribution in [3.05, 3.63) is 0 Å². The lowest BCUT2D eigenvalue weighted by Crippen LogP contribution is -2.40. The minimum atomic E-state index is -0.102. The molecule has 2 aliphatic rings. The van der Waals surface area contributed by atoms with E-state index in [4.69, 9.17) is 10.5 Å². The van der Waals surface area contributed by atoms with Gasteiger partial charge in [-0.1, -0.05) is 0 Å². The van der Waals surface area contributed by atoms with Crippen molar-refractivity contribution in [1.82, 2.24) is 0 Å². The summed E-state index contributed by atoms with van der Waals surface area (Å²) >= 11 is 0. The molecule has 0 radical (unpaired) electrons. The number of rotatable bonds is 1. The van der Waals surface area contributed by atoms with E-state index in [2.05, 4.69) is 0 Å². The smallest absolute Gasteiger partial charge is 0.310 e. The largest absolute Gasteiger partial charge is 0.469 e. The molecular formula is C9H16ClNO2. The first-order valence-electron chi connectivity index (χ1n) is 4.57. The fraction of sp³-hybridized carbons (Fsp3) is 0.889. The standard InChI is InChI=1S/C9H15NO2.ClH/c1-12-9(11)7-5-2-3-6(4-5)8(7)10;/h5-8H,2-4,10H2,1H3;1H/t5-,6+,7-,8+;/m0./s1. The molecule has 2 aliphatic carbocycles. The monoisotopic (exact) mass is 205 g/mol. The summed E-state index contributed by atoms with van der Waals surface area (Å²) in [4.78, 5) is 11.3. The fourth-order valence-electron chi connectivity index (χ4n) is 2.82. The van der Waals surface area contributed by atoms with Crippen molar-refractivity contribution in [2.24, 2.45) is 23.5 Å². The number of fused-ring (bicyclic) bond motifs is 2. The molecule has 2 bridgehead atoms. The number of carbonyl (C=O) groups excluding carboxylic acids is 1. The van der Waals surface area contributed by atoms with E-state index in [9.17, 15) is 4.79 Å². The lowest BCUT2D eigenvalue weighted by molar-refractivity contribution is -0.147. The second-order valence-electron chi connectivity index (χ2n) is 3.96. The predicted molar refractivity (Wildman–Crippen MR) is 51.6 cm³/mol. The van der Waals surface area contributed by atoms with Crippen molar-refractivity contribution in [3.63, 3.8) is 0 Å². The van der Waals surface area contributed by atoms with Crippen molar-refractivity contribution in [2.75, 3.05) is 7.11 Å². The van der Waals surface area contributed by atoms with Gasteiger partial charge >= 0.3 is 5.97 Å². The van der Waals surface area contributed by atoms with Gasteiger partial charge in [-0.15, -0.1) is 12.4 Å². The summed E-state index contributed by atoms with van der Waals surface area (Å²) in [7, 11) is 1.45. The van der Waals surface area contributed by atoms with Crippen LogP contribution in [0.15, 0.2) is 0 Å². The molecule has 0 heterocycles. The van der Waals surface area contributed by atoms with Crippen LogP contribution in [-0.4, -0.2) is 19.1 Å². The molecule has 2 fully saturated rings. The van der Waals surface area contributed by atoms with Crippen LogP contribution >= 0.6 is 12.4 Å². The van der Waals surface area contributed by atoms with E-state index in [1.807, 2.05) is 0 Å². The van der Waals surface area contributed by atoms with Crippen molar-refractivity contribution in [2.45, 2.75) is 25.3 Å². The van der Waals surface area contributed by atoms with Gasteiger partial charge in [0, 0.05) is 6.04 Å². The molecule has 76 valence electrons. The average molecular weight is 206 g/mol. The molecule has 0 unspecified atom stereocenters. The number of methoxy groups -OCH3 is 1. The highest BCUT2D eigenvalue weighted by Crippen LogP contribution is 2.47. The van der Waals surface area contributed by atoms with Crippen LogP contribution in [0.1, 0.15) is 19.3 Å². The maximum atomic E-state index is 11.3. The summed E-state index contributed by atoms with van der Waals surface area (Å²) in [6.45, 7) is 0. The molecule has 0 aromatic carbocycles. The molecule has 4 heteroatoms. The van der Waals surface area contributed by atoms with Crippen LogP contribution in [0.4, 0.5) is 0 Å². The van der Waals surface area contributed by atoms with Gasteiger partial charge in [0.15, 0.2) is 0 Å². The normalized spacial score (nSPS) is 41.4. The first-order valence-corrected chi connectivity index (χ1v) is 4.57. The van der Waals surface area contributed by atoms with Gasteiger partial charge in [0.25, 0.3) is 0 Å². The summed E-state index contributed by atoms with van der Waals surface area (Å²) in [5, 5.41) is 0. The van der Waals surface area contributed by atoms with E-state index >= 15 is 0 Å². The highest BCUT2D eigenvalue weighted by Gasteiger charge is 2.49. The zero-order valence-electron chi connectivity index (χ0n) is 7.73. The third-order valence-electron chi connectivity index (χ3n) is 3.45. The number of carbonyl (C=O) groups is 1. The lowest BCUT2D eigenvalue weighted by atomic mass is 9.85. The maximum absolute atomic E-state index is 11.3. The second-order valence-corrected chi connectivity index (χ2v) is 3.96. The van der Waals surface area contributed by atoms with Crippen LogP contribution in [-0.2, 0) is 9.53 Å². The minimum absolute atomic E-state index is 0. The Labute approximate surface area is 84.4 Å². The zero-order chi connectivity index (χ0) is 8.72. The molecular weight excluding hydrogens is 190 g/mol. The number of esters is 1. The number of hydrogen-bond donors (Lipinski definition) is 1. The maximum Gasteiger partial charge on any atom is 0.310 e. The SMILES string of the molecule is COC(=O)[C@H]1[C@H]2CC[C@H](C2)[C@H]1N.Cl. The van der Waals surface area contributed by atoms with Crippen molar-refractivity contribution < 1.29 is 9.53 Å². The van der Waals surface area contributed by atoms with Crippen LogP contribution in [0.3, 0.4) is 0 Å². The first-order chi connectivity index (χ1) is 5.74. The van der Waals surface area contributed by atoms with E-state index in [1.165, 1.54) is 13.5 Å². The summed E-state index contributed by atoms with van der Waals surface area (Å²) in [5.74, 6) is 0.986. The number of hydrogen-bond acceptors (Lipinski definition) is 3. The third-order valence-corrected chi connectivity index (χ3v) is 3.45. The molecule has 3 nitrogen and oxygen atoms in total. The van der Waals surface area contributed by atoms with E-state index in [1.54, 1.807) is 0 Å². The molecule has 0 spiro atoms. The van der Waals surface area contributed by atoms with Crippen LogP contribution in [0.5, 0.6) is 0 Å². The van der Waals surface area contributed by atoms with E-state index in [0.717, 1.165) is 12.8 Å². The van der Waals surface area contributed by atoms with Gasteiger partial charge in [0.1, 0.15) is 0 Å². The van der Waals surface area contributed by atoms with Gasteiger partial charge in [-0.3, -0.25) is 4.79 Å². The predicted octanol–water partition coefficient (Wildman–Crippen LogP) is 0.955. The fourth-order valence-corrected chi connectivity index (χ4v) is 2.82. The quantitative estimate of drug-likeness (QED) is 0.649. The average Bonchev–Trinajstić information content (AvgIpc) is 2.63. The Hall–Kier alpha value is -0.280. The summed E-state index contributed by atoms with van der Waals surface area (Å²) in [6.07, 6.45) is 3.51. The lowest BCUT2D eigenvalue weighted by Gasteiger charge is -2.25. The molecule has 4 atom stereocenters. The highest BCUT2D eigenvalue weighted by molar-refractivity contribution is 5.85. The van der Waals surface area contributed by atoms with Gasteiger partial charge in [-0.25, -0.2) is 0 Å². The molecule has 2 saturated carbocycles. The highest BCUT2D eigenvalue weighted by atomic mass is 35.5. The number of halogens is 1. The molecule has 13 heavy (non-hydrogen) atoms. The van der Waals surface area contributed by atoms with Gasteiger partial charge in [-0.05, 0) is 31.1 Å². The van der Waals surface area contributed by atoms with E-state index in [0.29, 0.717) is 11.8 Å². The Morgan fingerprint density at radius 2 is 2.00 bits per heavy atom. The van der Waals surface area contributed by atoms with Crippen molar-refractivity contribution in [1.29, 1.82) is 0 Å². The van der Waals surface area contributed by atoms with Gasteiger partial charge in [-0.2, -0.15) is 0 Å². The zero-order valence-corrected chi connectivity index (χ0v) is 8.55. The molecule has 0 aromatic rings. The topological polar surface area (TPSA) is 52.3 Å². The molecule has 0 amide bonds. The van der Waals surface area contributed by atoms with Crippen LogP contribution in [0, 0.1) is 17.8 Å². The van der Waals surface area contributed by atoms with Gasteiger partial charge in [0.05, 0.1) is 13.0 Å². The molecule has 0 saturated heterocycles. The number of ether oxygens (including phenoxy) is 1. The van der Waals surface area contributed by atoms with E-state index in [-0.39, 0.29) is 30.3 Å². The molecule has 2 rings (SSSR count).